The standard InChI is InChI=1S/C24H30FN3O3/c25-20-6-7-22-18(15-20)8-11-28(22)12-10-26-24(30)21(14-17-4-2-1-3-5-17)27-23(29)19-9-13-31-16-19/h6-7,9,13,15-17,21H,1-5,8,10-12,14H2,(H,26,30)(H,27,29)/t21-/m0/s1. The van der Waals surface area contributed by atoms with Crippen molar-refractivity contribution in [3.63, 3.8) is 0 Å². The molecule has 0 radical (unpaired) electrons. The molecule has 6 nitrogen and oxygen atoms in total. The van der Waals surface area contributed by atoms with Gasteiger partial charge >= 0.3 is 0 Å². The van der Waals surface area contributed by atoms with Gasteiger partial charge in [-0.3, -0.25) is 9.59 Å². The molecule has 4 rings (SSSR count). The first-order chi connectivity index (χ1) is 15.1. The van der Waals surface area contributed by atoms with Crippen molar-refractivity contribution in [2.75, 3.05) is 24.5 Å². The summed E-state index contributed by atoms with van der Waals surface area (Å²) in [4.78, 5) is 27.7. The molecule has 1 aliphatic carbocycles. The van der Waals surface area contributed by atoms with Gasteiger partial charge in [0.05, 0.1) is 11.8 Å². The van der Waals surface area contributed by atoms with Gasteiger partial charge in [0, 0.05) is 25.3 Å². The molecule has 1 aromatic carbocycles. The summed E-state index contributed by atoms with van der Waals surface area (Å²) in [6, 6.07) is 5.89. The zero-order valence-corrected chi connectivity index (χ0v) is 17.7. The molecule has 31 heavy (non-hydrogen) atoms. The normalized spacial score (nSPS) is 17.3. The first kappa shape index (κ1) is 21.4. The van der Waals surface area contributed by atoms with E-state index in [4.69, 9.17) is 4.42 Å². The van der Waals surface area contributed by atoms with Crippen LogP contribution in [0.3, 0.4) is 0 Å². The van der Waals surface area contributed by atoms with Crippen molar-refractivity contribution >= 4 is 17.5 Å². The lowest BCUT2D eigenvalue weighted by molar-refractivity contribution is -0.123. The number of amides is 2. The van der Waals surface area contributed by atoms with Crippen LogP contribution < -0.4 is 15.5 Å². The molecule has 1 fully saturated rings. The number of halogens is 1. The minimum atomic E-state index is -0.564. The van der Waals surface area contributed by atoms with Crippen molar-refractivity contribution in [3.8, 4) is 0 Å². The summed E-state index contributed by atoms with van der Waals surface area (Å²) >= 11 is 0. The topological polar surface area (TPSA) is 74.6 Å². The van der Waals surface area contributed by atoms with Crippen LogP contribution in [0.15, 0.2) is 41.2 Å². The summed E-state index contributed by atoms with van der Waals surface area (Å²) in [5.41, 5.74) is 2.46. The van der Waals surface area contributed by atoms with Gasteiger partial charge in [-0.2, -0.15) is 0 Å². The van der Waals surface area contributed by atoms with Crippen molar-refractivity contribution in [1.29, 1.82) is 0 Å². The Hall–Kier alpha value is -2.83. The third kappa shape index (κ3) is 5.46. The molecule has 2 aliphatic rings. The third-order valence-electron chi connectivity index (χ3n) is 6.41. The molecular weight excluding hydrogens is 397 g/mol. The molecule has 2 amide bonds. The second-order valence-electron chi connectivity index (χ2n) is 8.58. The number of hydrogen-bond acceptors (Lipinski definition) is 4. The highest BCUT2D eigenvalue weighted by Gasteiger charge is 2.27. The van der Waals surface area contributed by atoms with Crippen LogP contribution in [0.4, 0.5) is 10.1 Å². The predicted octanol–water partition coefficient (Wildman–Crippen LogP) is 3.67. The highest BCUT2D eigenvalue weighted by atomic mass is 19.1. The maximum absolute atomic E-state index is 13.4. The lowest BCUT2D eigenvalue weighted by Gasteiger charge is -2.27. The van der Waals surface area contributed by atoms with E-state index in [1.807, 2.05) is 0 Å². The van der Waals surface area contributed by atoms with Crippen LogP contribution in [0, 0.1) is 11.7 Å². The zero-order chi connectivity index (χ0) is 21.6. The minimum Gasteiger partial charge on any atom is -0.472 e. The number of nitrogens with zero attached hydrogens (tertiary/aromatic N) is 1. The summed E-state index contributed by atoms with van der Waals surface area (Å²) in [5.74, 6) is -0.205. The Balaban J connectivity index is 1.33. The number of hydrogen-bond donors (Lipinski definition) is 2. The second-order valence-corrected chi connectivity index (χ2v) is 8.58. The average molecular weight is 428 g/mol. The van der Waals surface area contributed by atoms with E-state index in [9.17, 15) is 14.0 Å². The van der Waals surface area contributed by atoms with Crippen molar-refractivity contribution in [2.45, 2.75) is 51.0 Å². The molecule has 0 unspecified atom stereocenters. The van der Waals surface area contributed by atoms with Crippen molar-refractivity contribution in [1.82, 2.24) is 10.6 Å². The number of anilines is 1. The Morgan fingerprint density at radius 2 is 2.03 bits per heavy atom. The van der Waals surface area contributed by atoms with Crippen LogP contribution >= 0.6 is 0 Å². The Kier molecular flexibility index (Phi) is 6.89. The molecule has 166 valence electrons. The van der Waals surface area contributed by atoms with Gasteiger partial charge in [-0.25, -0.2) is 4.39 Å². The number of benzene rings is 1. The fourth-order valence-electron chi connectivity index (χ4n) is 4.73. The number of carbonyl (C=O) groups is 2. The lowest BCUT2D eigenvalue weighted by atomic mass is 9.84. The van der Waals surface area contributed by atoms with Crippen LogP contribution in [0.25, 0.3) is 0 Å². The van der Waals surface area contributed by atoms with Crippen LogP contribution in [-0.4, -0.2) is 37.5 Å². The maximum atomic E-state index is 13.4. The molecule has 2 aromatic rings. The van der Waals surface area contributed by atoms with Gasteiger partial charge in [0.1, 0.15) is 18.1 Å². The Morgan fingerprint density at radius 1 is 1.19 bits per heavy atom. The lowest BCUT2D eigenvalue weighted by Crippen LogP contribution is -2.49. The van der Waals surface area contributed by atoms with Crippen LogP contribution in [0.5, 0.6) is 0 Å². The van der Waals surface area contributed by atoms with Gasteiger partial charge in [0.15, 0.2) is 0 Å². The minimum absolute atomic E-state index is 0.152. The van der Waals surface area contributed by atoms with Gasteiger partial charge in [0.2, 0.25) is 5.91 Å². The molecule has 1 saturated carbocycles. The Morgan fingerprint density at radius 3 is 2.81 bits per heavy atom. The molecule has 7 heteroatoms. The van der Waals surface area contributed by atoms with E-state index in [0.717, 1.165) is 37.1 Å². The Labute approximate surface area is 182 Å². The van der Waals surface area contributed by atoms with E-state index in [1.165, 1.54) is 37.9 Å². The van der Waals surface area contributed by atoms with Crippen LogP contribution in [0.1, 0.15) is 54.4 Å². The third-order valence-corrected chi connectivity index (χ3v) is 6.41. The van der Waals surface area contributed by atoms with E-state index >= 15 is 0 Å². The summed E-state index contributed by atoms with van der Waals surface area (Å²) in [5, 5.41) is 5.90. The van der Waals surface area contributed by atoms with E-state index < -0.39 is 6.04 Å². The van der Waals surface area contributed by atoms with E-state index in [1.54, 1.807) is 18.2 Å². The quantitative estimate of drug-likeness (QED) is 0.674. The van der Waals surface area contributed by atoms with E-state index in [0.29, 0.717) is 31.0 Å². The molecule has 2 heterocycles. The van der Waals surface area contributed by atoms with Crippen molar-refractivity contribution < 1.29 is 18.4 Å². The molecule has 0 spiro atoms. The molecule has 1 atom stereocenters. The first-order valence-electron chi connectivity index (χ1n) is 11.2. The number of rotatable bonds is 8. The monoisotopic (exact) mass is 427 g/mol. The SMILES string of the molecule is O=C(N[C@@H](CC1CCCCC1)C(=O)NCCN1CCc2cc(F)ccc21)c1ccoc1. The fraction of sp³-hybridized carbons (Fsp3) is 0.500. The molecule has 2 N–H and O–H groups in total. The molecular formula is C24H30FN3O3. The summed E-state index contributed by atoms with van der Waals surface area (Å²) in [6.07, 6.45) is 10.1. The first-order valence-corrected chi connectivity index (χ1v) is 11.2. The van der Waals surface area contributed by atoms with Gasteiger partial charge < -0.3 is 20.0 Å². The fourth-order valence-corrected chi connectivity index (χ4v) is 4.73. The van der Waals surface area contributed by atoms with Gasteiger partial charge in [-0.15, -0.1) is 0 Å². The summed E-state index contributed by atoms with van der Waals surface area (Å²) < 4.78 is 18.4. The van der Waals surface area contributed by atoms with Gasteiger partial charge in [0.25, 0.3) is 5.91 Å². The maximum Gasteiger partial charge on any atom is 0.255 e. The largest absolute Gasteiger partial charge is 0.472 e. The molecule has 0 saturated heterocycles. The zero-order valence-electron chi connectivity index (χ0n) is 17.7. The van der Waals surface area contributed by atoms with Crippen LogP contribution in [0.2, 0.25) is 0 Å². The highest BCUT2D eigenvalue weighted by Crippen LogP contribution is 2.29. The second kappa shape index (κ2) is 9.98. The summed E-state index contributed by atoms with van der Waals surface area (Å²) in [7, 11) is 0. The summed E-state index contributed by atoms with van der Waals surface area (Å²) in [6.45, 7) is 1.94. The van der Waals surface area contributed by atoms with E-state index in [2.05, 4.69) is 15.5 Å². The average Bonchev–Trinajstić information content (AvgIpc) is 3.44. The van der Waals surface area contributed by atoms with E-state index in [-0.39, 0.29) is 17.6 Å². The Bertz CT molecular complexity index is 893. The smallest absolute Gasteiger partial charge is 0.255 e. The van der Waals surface area contributed by atoms with Crippen molar-refractivity contribution in [2.24, 2.45) is 5.92 Å². The number of fused-ring (bicyclic) bond motifs is 1. The van der Waals surface area contributed by atoms with Gasteiger partial charge in [-0.1, -0.05) is 32.1 Å². The number of furan rings is 1. The number of carbonyl (C=O) groups excluding carboxylic acids is 2. The predicted molar refractivity (Wildman–Crippen MR) is 116 cm³/mol. The van der Waals surface area contributed by atoms with Crippen molar-refractivity contribution in [3.05, 3.63) is 53.7 Å². The number of nitrogens with one attached hydrogen (secondary N) is 2. The molecule has 1 aliphatic heterocycles. The van der Waals surface area contributed by atoms with Crippen LogP contribution in [-0.2, 0) is 11.2 Å². The van der Waals surface area contributed by atoms with Gasteiger partial charge in [-0.05, 0) is 48.6 Å². The molecule has 0 bridgehead atoms. The molecule has 1 aromatic heterocycles. The highest BCUT2D eigenvalue weighted by molar-refractivity contribution is 5.97.